The van der Waals surface area contributed by atoms with Crippen molar-refractivity contribution in [3.63, 3.8) is 0 Å². The smallest absolute Gasteiger partial charge is 0.0708 e. The van der Waals surface area contributed by atoms with E-state index in [9.17, 15) is 0 Å². The lowest BCUT2D eigenvalue weighted by Crippen LogP contribution is -2.12. The summed E-state index contributed by atoms with van der Waals surface area (Å²) in [6.45, 7) is 5.01. The second-order valence-electron chi connectivity index (χ2n) is 4.51. The van der Waals surface area contributed by atoms with Crippen molar-refractivity contribution in [3.8, 4) is 5.69 Å². The fourth-order valence-electron chi connectivity index (χ4n) is 2.21. The van der Waals surface area contributed by atoms with Gasteiger partial charge in [0.05, 0.1) is 11.4 Å². The van der Waals surface area contributed by atoms with Gasteiger partial charge in [-0.25, -0.2) is 4.68 Å². The van der Waals surface area contributed by atoms with Crippen LogP contribution in [0.2, 0.25) is 5.02 Å². The van der Waals surface area contributed by atoms with Crippen molar-refractivity contribution in [2.75, 3.05) is 7.05 Å². The van der Waals surface area contributed by atoms with Crippen molar-refractivity contribution in [1.82, 2.24) is 15.1 Å². The van der Waals surface area contributed by atoms with Crippen molar-refractivity contribution in [2.45, 2.75) is 33.2 Å². The first kappa shape index (κ1) is 14.1. The highest BCUT2D eigenvalue weighted by Gasteiger charge is 2.13. The van der Waals surface area contributed by atoms with Crippen LogP contribution in [0.5, 0.6) is 0 Å². The van der Waals surface area contributed by atoms with E-state index in [1.54, 1.807) is 0 Å². The minimum atomic E-state index is 0.736. The van der Waals surface area contributed by atoms with Gasteiger partial charge in [0, 0.05) is 22.8 Å². The second kappa shape index (κ2) is 6.22. The number of aromatic nitrogens is 2. The molecule has 0 unspecified atom stereocenters. The zero-order valence-corrected chi connectivity index (χ0v) is 12.5. The highest BCUT2D eigenvalue weighted by Crippen LogP contribution is 2.24. The number of halogens is 1. The average Bonchev–Trinajstić information content (AvgIpc) is 2.84. The molecule has 102 valence electrons. The Bertz CT molecular complexity index is 561. The molecule has 0 aliphatic carbocycles. The summed E-state index contributed by atoms with van der Waals surface area (Å²) >= 11 is 6.31. The van der Waals surface area contributed by atoms with Crippen LogP contribution in [0.1, 0.15) is 30.8 Å². The summed E-state index contributed by atoms with van der Waals surface area (Å²) in [4.78, 5) is 0. The summed E-state index contributed by atoms with van der Waals surface area (Å²) in [6.07, 6.45) is 1.90. The second-order valence-corrected chi connectivity index (χ2v) is 4.92. The summed E-state index contributed by atoms with van der Waals surface area (Å²) in [6, 6.07) is 8.14. The van der Waals surface area contributed by atoms with Gasteiger partial charge < -0.3 is 5.32 Å². The Morgan fingerprint density at radius 2 is 2.05 bits per heavy atom. The summed E-state index contributed by atoms with van der Waals surface area (Å²) < 4.78 is 2.03. The maximum atomic E-state index is 6.31. The molecular weight excluding hydrogens is 258 g/mol. The molecule has 0 saturated carbocycles. The standard InChI is InChI=1S/C15H20ClN3/c1-4-11-9-12(5-2)19(18-11)15-8-6-7-14(16)13(15)10-17-3/h6-9,17H,4-5,10H2,1-3H3. The Morgan fingerprint density at radius 1 is 1.26 bits per heavy atom. The molecule has 0 aliphatic rings. The zero-order valence-electron chi connectivity index (χ0n) is 11.7. The third kappa shape index (κ3) is 2.82. The summed E-state index contributed by atoms with van der Waals surface area (Å²) in [5.41, 5.74) is 4.49. The highest BCUT2D eigenvalue weighted by molar-refractivity contribution is 6.31. The monoisotopic (exact) mass is 277 g/mol. The molecule has 0 atom stereocenters. The van der Waals surface area contributed by atoms with Crippen LogP contribution in [-0.4, -0.2) is 16.8 Å². The molecule has 0 aliphatic heterocycles. The van der Waals surface area contributed by atoms with E-state index in [4.69, 9.17) is 11.6 Å². The number of hydrogen-bond donors (Lipinski definition) is 1. The molecule has 4 heteroatoms. The third-order valence-electron chi connectivity index (χ3n) is 3.23. The molecule has 0 spiro atoms. The number of rotatable bonds is 5. The molecule has 1 aromatic carbocycles. The molecular formula is C15H20ClN3. The van der Waals surface area contributed by atoms with Crippen LogP contribution in [-0.2, 0) is 19.4 Å². The maximum Gasteiger partial charge on any atom is 0.0708 e. The molecule has 1 heterocycles. The molecule has 0 radical (unpaired) electrons. The van der Waals surface area contributed by atoms with Gasteiger partial charge in [0.2, 0.25) is 0 Å². The van der Waals surface area contributed by atoms with E-state index in [1.807, 2.05) is 23.9 Å². The highest BCUT2D eigenvalue weighted by atomic mass is 35.5. The number of aryl methyl sites for hydroxylation is 2. The summed E-state index contributed by atoms with van der Waals surface area (Å²) in [5.74, 6) is 0. The van der Waals surface area contributed by atoms with Gasteiger partial charge in [0.1, 0.15) is 0 Å². The lowest BCUT2D eigenvalue weighted by molar-refractivity contribution is 0.758. The number of nitrogens with one attached hydrogen (secondary N) is 1. The molecule has 1 N–H and O–H groups in total. The van der Waals surface area contributed by atoms with Crippen molar-refractivity contribution in [2.24, 2.45) is 0 Å². The summed E-state index contributed by atoms with van der Waals surface area (Å²) in [5, 5.41) is 8.63. The molecule has 0 amide bonds. The Hall–Kier alpha value is -1.32. The molecule has 3 nitrogen and oxygen atoms in total. The van der Waals surface area contributed by atoms with Crippen LogP contribution in [0.15, 0.2) is 24.3 Å². The first-order valence-electron chi connectivity index (χ1n) is 6.71. The molecule has 2 aromatic rings. The molecule has 0 bridgehead atoms. The molecule has 19 heavy (non-hydrogen) atoms. The minimum Gasteiger partial charge on any atom is -0.316 e. The van der Waals surface area contributed by atoms with Gasteiger partial charge >= 0.3 is 0 Å². The lowest BCUT2D eigenvalue weighted by Gasteiger charge is -2.13. The van der Waals surface area contributed by atoms with Crippen molar-refractivity contribution in [3.05, 3.63) is 46.2 Å². The first-order valence-corrected chi connectivity index (χ1v) is 7.09. The van der Waals surface area contributed by atoms with Gasteiger partial charge in [-0.3, -0.25) is 0 Å². The number of nitrogens with zero attached hydrogens (tertiary/aromatic N) is 2. The Labute approximate surface area is 119 Å². The van der Waals surface area contributed by atoms with Gasteiger partial charge in [0.15, 0.2) is 0 Å². The molecule has 0 saturated heterocycles. The number of hydrogen-bond acceptors (Lipinski definition) is 2. The minimum absolute atomic E-state index is 0.736. The van der Waals surface area contributed by atoms with Crippen LogP contribution >= 0.6 is 11.6 Å². The quantitative estimate of drug-likeness (QED) is 0.908. The van der Waals surface area contributed by atoms with E-state index in [-0.39, 0.29) is 0 Å². The topological polar surface area (TPSA) is 29.9 Å². The summed E-state index contributed by atoms with van der Waals surface area (Å²) in [7, 11) is 1.93. The lowest BCUT2D eigenvalue weighted by atomic mass is 10.1. The van der Waals surface area contributed by atoms with Gasteiger partial charge in [-0.1, -0.05) is 31.5 Å². The van der Waals surface area contributed by atoms with Crippen molar-refractivity contribution < 1.29 is 0 Å². The molecule has 2 rings (SSSR count). The average molecular weight is 278 g/mol. The van der Waals surface area contributed by atoms with Crippen molar-refractivity contribution >= 4 is 11.6 Å². The van der Waals surface area contributed by atoms with E-state index < -0.39 is 0 Å². The fourth-order valence-corrected chi connectivity index (χ4v) is 2.44. The Morgan fingerprint density at radius 3 is 2.68 bits per heavy atom. The van der Waals surface area contributed by atoms with Gasteiger partial charge in [-0.2, -0.15) is 5.10 Å². The van der Waals surface area contributed by atoms with E-state index in [0.29, 0.717) is 0 Å². The van der Waals surface area contributed by atoms with Crippen LogP contribution < -0.4 is 5.32 Å². The van der Waals surface area contributed by atoms with Gasteiger partial charge in [0.25, 0.3) is 0 Å². The van der Waals surface area contributed by atoms with Crippen LogP contribution in [0.4, 0.5) is 0 Å². The molecule has 0 fully saturated rings. The Kier molecular flexibility index (Phi) is 4.61. The van der Waals surface area contributed by atoms with Gasteiger partial charge in [-0.05, 0) is 38.1 Å². The van der Waals surface area contributed by atoms with Crippen LogP contribution in [0, 0.1) is 0 Å². The van der Waals surface area contributed by atoms with E-state index >= 15 is 0 Å². The van der Waals surface area contributed by atoms with E-state index in [2.05, 4.69) is 36.4 Å². The first-order chi connectivity index (χ1) is 9.21. The SMILES string of the molecule is CCc1cc(CC)n(-c2cccc(Cl)c2CNC)n1. The normalized spacial score (nSPS) is 10.9. The maximum absolute atomic E-state index is 6.31. The fraction of sp³-hybridized carbons (Fsp3) is 0.400. The van der Waals surface area contributed by atoms with Gasteiger partial charge in [-0.15, -0.1) is 0 Å². The van der Waals surface area contributed by atoms with Crippen molar-refractivity contribution in [1.29, 1.82) is 0 Å². The molecule has 1 aromatic heterocycles. The number of benzene rings is 1. The van der Waals surface area contributed by atoms with E-state index in [0.717, 1.165) is 41.4 Å². The third-order valence-corrected chi connectivity index (χ3v) is 3.59. The zero-order chi connectivity index (χ0) is 13.8. The largest absolute Gasteiger partial charge is 0.316 e. The van der Waals surface area contributed by atoms with E-state index in [1.165, 1.54) is 5.69 Å². The predicted molar refractivity (Wildman–Crippen MR) is 80.1 cm³/mol. The Balaban J connectivity index is 2.57. The predicted octanol–water partition coefficient (Wildman–Crippen LogP) is 3.37. The van der Waals surface area contributed by atoms with Crippen LogP contribution in [0.25, 0.3) is 5.69 Å². The van der Waals surface area contributed by atoms with Crippen LogP contribution in [0.3, 0.4) is 0 Å².